The van der Waals surface area contributed by atoms with E-state index in [-0.39, 0.29) is 11.5 Å². The van der Waals surface area contributed by atoms with Crippen molar-refractivity contribution in [3.8, 4) is 17.0 Å². The molecule has 35 heavy (non-hydrogen) atoms. The van der Waals surface area contributed by atoms with Crippen molar-refractivity contribution in [1.82, 2.24) is 19.4 Å². The topological polar surface area (TPSA) is 105 Å². The number of nitrogens with one attached hydrogen (secondary N) is 2. The van der Waals surface area contributed by atoms with Crippen molar-refractivity contribution < 1.29 is 9.21 Å². The van der Waals surface area contributed by atoms with Crippen LogP contribution < -0.4 is 16.2 Å². The molecule has 0 radical (unpaired) electrons. The standard InChI is InChI=1S/C26H26N6O3/c1-18-10-20(29-24(33)17-31-7-4-5-8-31)13-21(11-18)30-26-28-16-23(35-26)19-12-22(15-27-14-19)32-9-3-2-6-25(32)34/h2-3,6,9-16H,4-5,7-8,17H2,1H3,(H,28,30)(H,29,33). The van der Waals surface area contributed by atoms with Gasteiger partial charge in [0, 0.05) is 35.4 Å². The van der Waals surface area contributed by atoms with Crippen LogP contribution in [0.15, 0.2) is 76.5 Å². The molecule has 4 aromatic rings. The summed E-state index contributed by atoms with van der Waals surface area (Å²) in [5.74, 6) is 0.490. The van der Waals surface area contributed by atoms with E-state index in [9.17, 15) is 9.59 Å². The van der Waals surface area contributed by atoms with Gasteiger partial charge >= 0.3 is 0 Å². The molecule has 9 nitrogen and oxygen atoms in total. The number of aromatic nitrogens is 3. The SMILES string of the molecule is Cc1cc(NC(=O)CN2CCCC2)cc(Nc2ncc(-c3cncc(-n4ccccc4=O)c3)o2)c1. The van der Waals surface area contributed by atoms with E-state index >= 15 is 0 Å². The van der Waals surface area contributed by atoms with Crippen molar-refractivity contribution >= 4 is 23.3 Å². The fourth-order valence-corrected chi connectivity index (χ4v) is 4.20. The minimum Gasteiger partial charge on any atom is -0.423 e. The maximum absolute atomic E-state index is 12.4. The van der Waals surface area contributed by atoms with Crippen LogP contribution in [-0.4, -0.2) is 45.0 Å². The Kier molecular flexibility index (Phi) is 6.40. The lowest BCUT2D eigenvalue weighted by Gasteiger charge is -2.15. The van der Waals surface area contributed by atoms with E-state index in [1.807, 2.05) is 31.2 Å². The molecule has 178 valence electrons. The lowest BCUT2D eigenvalue weighted by molar-refractivity contribution is -0.117. The molecule has 1 amide bonds. The van der Waals surface area contributed by atoms with E-state index in [1.54, 1.807) is 36.9 Å². The zero-order valence-electron chi connectivity index (χ0n) is 19.4. The Hall–Kier alpha value is -4.24. The summed E-state index contributed by atoms with van der Waals surface area (Å²) < 4.78 is 7.41. The number of aryl methyl sites for hydroxylation is 1. The number of nitrogens with zero attached hydrogens (tertiary/aromatic N) is 4. The van der Waals surface area contributed by atoms with Crippen LogP contribution >= 0.6 is 0 Å². The van der Waals surface area contributed by atoms with Crippen LogP contribution in [0, 0.1) is 6.92 Å². The summed E-state index contributed by atoms with van der Waals surface area (Å²) in [7, 11) is 0. The molecule has 0 spiro atoms. The number of rotatable bonds is 7. The quantitative estimate of drug-likeness (QED) is 0.421. The van der Waals surface area contributed by atoms with Gasteiger partial charge in [0.05, 0.1) is 24.6 Å². The van der Waals surface area contributed by atoms with Gasteiger partial charge in [-0.05, 0) is 68.8 Å². The number of hydrogen-bond acceptors (Lipinski definition) is 7. The first-order chi connectivity index (χ1) is 17.0. The summed E-state index contributed by atoms with van der Waals surface area (Å²) in [6.45, 7) is 4.31. The third kappa shape index (κ3) is 5.47. The normalized spacial score (nSPS) is 13.6. The zero-order chi connectivity index (χ0) is 24.2. The molecule has 0 saturated carbocycles. The molecular weight excluding hydrogens is 444 g/mol. The smallest absolute Gasteiger partial charge is 0.299 e. The van der Waals surface area contributed by atoms with E-state index in [0.717, 1.165) is 37.2 Å². The van der Waals surface area contributed by atoms with Crippen LogP contribution in [0.5, 0.6) is 0 Å². The number of amides is 1. The van der Waals surface area contributed by atoms with Gasteiger partial charge < -0.3 is 15.1 Å². The van der Waals surface area contributed by atoms with Crippen LogP contribution in [0.3, 0.4) is 0 Å². The highest BCUT2D eigenvalue weighted by Gasteiger charge is 2.15. The van der Waals surface area contributed by atoms with Crippen molar-refractivity contribution in [1.29, 1.82) is 0 Å². The number of likely N-dealkylation sites (tertiary alicyclic amines) is 1. The van der Waals surface area contributed by atoms with Crippen LogP contribution in [0.2, 0.25) is 0 Å². The molecule has 9 heteroatoms. The molecule has 1 saturated heterocycles. The number of hydrogen-bond donors (Lipinski definition) is 2. The van der Waals surface area contributed by atoms with Crippen LogP contribution in [0.4, 0.5) is 17.4 Å². The Morgan fingerprint density at radius 1 is 1.06 bits per heavy atom. The van der Waals surface area contributed by atoms with Gasteiger partial charge in [-0.25, -0.2) is 4.98 Å². The predicted octanol–water partition coefficient (Wildman–Crippen LogP) is 3.97. The van der Waals surface area contributed by atoms with Crippen molar-refractivity contribution in [2.24, 2.45) is 0 Å². The summed E-state index contributed by atoms with van der Waals surface area (Å²) >= 11 is 0. The van der Waals surface area contributed by atoms with E-state index < -0.39 is 0 Å². The maximum atomic E-state index is 12.4. The second-order valence-corrected chi connectivity index (χ2v) is 8.61. The molecule has 1 aromatic carbocycles. The monoisotopic (exact) mass is 470 g/mol. The summed E-state index contributed by atoms with van der Waals surface area (Å²) in [6, 6.07) is 12.8. The second-order valence-electron chi connectivity index (χ2n) is 8.61. The predicted molar refractivity (Wildman–Crippen MR) is 134 cm³/mol. The lowest BCUT2D eigenvalue weighted by atomic mass is 10.2. The largest absolute Gasteiger partial charge is 0.423 e. The first-order valence-corrected chi connectivity index (χ1v) is 11.5. The summed E-state index contributed by atoms with van der Waals surface area (Å²) in [6.07, 6.45) is 8.86. The fourth-order valence-electron chi connectivity index (χ4n) is 4.20. The minimum absolute atomic E-state index is 0.0215. The van der Waals surface area contributed by atoms with Gasteiger partial charge in [0.15, 0.2) is 5.76 Å². The van der Waals surface area contributed by atoms with E-state index in [2.05, 4.69) is 25.5 Å². The van der Waals surface area contributed by atoms with Crippen LogP contribution in [0.25, 0.3) is 17.0 Å². The first kappa shape index (κ1) is 22.5. The Morgan fingerprint density at radius 3 is 2.71 bits per heavy atom. The number of oxazole rings is 1. The van der Waals surface area contributed by atoms with E-state index in [0.29, 0.717) is 35.3 Å². The average Bonchev–Trinajstić information content (AvgIpc) is 3.51. The van der Waals surface area contributed by atoms with Gasteiger partial charge in [0.1, 0.15) is 0 Å². The highest BCUT2D eigenvalue weighted by molar-refractivity contribution is 5.93. The van der Waals surface area contributed by atoms with E-state index in [4.69, 9.17) is 4.42 Å². The van der Waals surface area contributed by atoms with Crippen molar-refractivity contribution in [3.63, 3.8) is 0 Å². The van der Waals surface area contributed by atoms with Crippen molar-refractivity contribution in [2.45, 2.75) is 19.8 Å². The second kappa shape index (κ2) is 9.94. The van der Waals surface area contributed by atoms with Gasteiger partial charge in [-0.1, -0.05) is 6.07 Å². The van der Waals surface area contributed by atoms with Crippen LogP contribution in [-0.2, 0) is 4.79 Å². The molecular formula is C26H26N6O3. The molecule has 5 rings (SSSR count). The Balaban J connectivity index is 1.30. The number of pyridine rings is 2. The molecule has 0 aliphatic carbocycles. The molecule has 2 N–H and O–H groups in total. The van der Waals surface area contributed by atoms with Crippen molar-refractivity contribution in [2.75, 3.05) is 30.3 Å². The maximum Gasteiger partial charge on any atom is 0.299 e. The Labute approximate surface area is 202 Å². The number of carbonyl (C=O) groups excluding carboxylic acids is 1. The third-order valence-corrected chi connectivity index (χ3v) is 5.79. The molecule has 0 unspecified atom stereocenters. The van der Waals surface area contributed by atoms with Crippen molar-refractivity contribution in [3.05, 3.63) is 83.2 Å². The van der Waals surface area contributed by atoms with Gasteiger partial charge in [-0.2, -0.15) is 0 Å². The van der Waals surface area contributed by atoms with Gasteiger partial charge in [-0.15, -0.1) is 0 Å². The lowest BCUT2D eigenvalue weighted by Crippen LogP contribution is -2.30. The highest BCUT2D eigenvalue weighted by atomic mass is 16.4. The van der Waals surface area contributed by atoms with Crippen LogP contribution in [0.1, 0.15) is 18.4 Å². The van der Waals surface area contributed by atoms with Gasteiger partial charge in [-0.3, -0.25) is 24.0 Å². The Bertz CT molecular complexity index is 1400. The molecule has 1 fully saturated rings. The molecule has 1 aliphatic heterocycles. The summed E-state index contributed by atoms with van der Waals surface area (Å²) in [5.41, 5.74) is 3.63. The number of benzene rings is 1. The number of anilines is 3. The summed E-state index contributed by atoms with van der Waals surface area (Å²) in [4.78, 5) is 35.3. The minimum atomic E-state index is -0.144. The zero-order valence-corrected chi connectivity index (χ0v) is 19.4. The number of carbonyl (C=O) groups is 1. The van der Waals surface area contributed by atoms with Gasteiger partial charge in [0.25, 0.3) is 11.6 Å². The Morgan fingerprint density at radius 2 is 1.89 bits per heavy atom. The fraction of sp³-hybridized carbons (Fsp3) is 0.231. The van der Waals surface area contributed by atoms with Gasteiger partial charge in [0.2, 0.25) is 5.91 Å². The molecule has 0 atom stereocenters. The molecule has 1 aliphatic rings. The highest BCUT2D eigenvalue weighted by Crippen LogP contribution is 2.27. The third-order valence-electron chi connectivity index (χ3n) is 5.79. The molecule has 3 aromatic heterocycles. The molecule has 4 heterocycles. The first-order valence-electron chi connectivity index (χ1n) is 11.5. The molecule has 0 bridgehead atoms. The average molecular weight is 471 g/mol. The van der Waals surface area contributed by atoms with E-state index in [1.165, 1.54) is 10.6 Å². The summed E-state index contributed by atoms with van der Waals surface area (Å²) in [5, 5.41) is 6.15.